The molecule has 1 saturated heterocycles. The third-order valence-corrected chi connectivity index (χ3v) is 2.81. The van der Waals surface area contributed by atoms with E-state index in [1.807, 2.05) is 0 Å². The van der Waals surface area contributed by atoms with Crippen molar-refractivity contribution in [3.63, 3.8) is 0 Å². The lowest BCUT2D eigenvalue weighted by Crippen LogP contribution is -2.48. The van der Waals surface area contributed by atoms with Gasteiger partial charge < -0.3 is 20.1 Å². The van der Waals surface area contributed by atoms with E-state index in [1.165, 1.54) is 25.3 Å². The van der Waals surface area contributed by atoms with Gasteiger partial charge in [-0.1, -0.05) is 0 Å². The maximum Gasteiger partial charge on any atom is 0.387 e. The van der Waals surface area contributed by atoms with E-state index in [9.17, 15) is 13.6 Å². The number of nitrogens with one attached hydrogen (secondary N) is 2. The second-order valence-corrected chi connectivity index (χ2v) is 4.09. The van der Waals surface area contributed by atoms with Crippen LogP contribution in [0.1, 0.15) is 0 Å². The first-order valence-corrected chi connectivity index (χ1v) is 5.74. The number of ether oxygens (including phenoxy) is 2. The van der Waals surface area contributed by atoms with E-state index in [2.05, 4.69) is 15.4 Å². The van der Waals surface area contributed by atoms with Crippen molar-refractivity contribution in [3.05, 3.63) is 18.2 Å². The van der Waals surface area contributed by atoms with Gasteiger partial charge in [0.1, 0.15) is 11.5 Å². The molecule has 1 amide bonds. The molecule has 2 rings (SSSR count). The van der Waals surface area contributed by atoms with Crippen molar-refractivity contribution in [1.82, 2.24) is 5.32 Å². The van der Waals surface area contributed by atoms with E-state index >= 15 is 0 Å². The predicted octanol–water partition coefficient (Wildman–Crippen LogP) is 1.45. The molecular formula is C12H14F2N2O3. The summed E-state index contributed by atoms with van der Waals surface area (Å²) in [4.78, 5) is 11.8. The Morgan fingerprint density at radius 2 is 2.21 bits per heavy atom. The summed E-state index contributed by atoms with van der Waals surface area (Å²) in [6.07, 6.45) is 0. The van der Waals surface area contributed by atoms with E-state index in [0.717, 1.165) is 0 Å². The summed E-state index contributed by atoms with van der Waals surface area (Å²) < 4.78 is 33.9. The molecule has 0 saturated carbocycles. The van der Waals surface area contributed by atoms with Crippen LogP contribution in [-0.4, -0.2) is 32.7 Å². The van der Waals surface area contributed by atoms with Crippen LogP contribution in [0.3, 0.4) is 0 Å². The summed E-state index contributed by atoms with van der Waals surface area (Å²) in [5, 5.41) is 5.54. The zero-order valence-electron chi connectivity index (χ0n) is 10.3. The van der Waals surface area contributed by atoms with Gasteiger partial charge >= 0.3 is 6.61 Å². The predicted molar refractivity (Wildman–Crippen MR) is 64.6 cm³/mol. The fourth-order valence-corrected chi connectivity index (χ4v) is 1.64. The third kappa shape index (κ3) is 3.31. The Morgan fingerprint density at radius 1 is 1.47 bits per heavy atom. The van der Waals surface area contributed by atoms with E-state index in [0.29, 0.717) is 18.8 Å². The molecule has 19 heavy (non-hydrogen) atoms. The Labute approximate surface area is 108 Å². The van der Waals surface area contributed by atoms with E-state index in [4.69, 9.17) is 4.74 Å². The van der Waals surface area contributed by atoms with Crippen LogP contribution < -0.4 is 20.1 Å². The molecule has 1 fully saturated rings. The number of carbonyl (C=O) groups excluding carboxylic acids is 1. The van der Waals surface area contributed by atoms with Crippen LogP contribution in [-0.2, 0) is 4.79 Å². The lowest BCUT2D eigenvalue weighted by Gasteiger charge is -2.26. The fraction of sp³-hybridized carbons (Fsp3) is 0.417. The Balaban J connectivity index is 2.16. The summed E-state index contributed by atoms with van der Waals surface area (Å²) in [5.74, 6) is -0.0168. The molecule has 1 aromatic rings. The van der Waals surface area contributed by atoms with Crippen molar-refractivity contribution < 1.29 is 23.0 Å². The lowest BCUT2D eigenvalue weighted by atomic mass is 10.0. The maximum atomic E-state index is 12.3. The minimum absolute atomic E-state index is 0.0866. The molecular weight excluding hydrogens is 258 g/mol. The van der Waals surface area contributed by atoms with Gasteiger partial charge in [-0.3, -0.25) is 4.79 Å². The van der Waals surface area contributed by atoms with Gasteiger partial charge in [-0.15, -0.1) is 0 Å². The van der Waals surface area contributed by atoms with Gasteiger partial charge in [-0.2, -0.15) is 8.78 Å². The highest BCUT2D eigenvalue weighted by Gasteiger charge is 2.26. The maximum absolute atomic E-state index is 12.3. The summed E-state index contributed by atoms with van der Waals surface area (Å²) in [7, 11) is 1.45. The number of amides is 1. The fourth-order valence-electron chi connectivity index (χ4n) is 1.64. The van der Waals surface area contributed by atoms with Crippen molar-refractivity contribution in [2.75, 3.05) is 25.5 Å². The smallest absolute Gasteiger partial charge is 0.387 e. The van der Waals surface area contributed by atoms with Gasteiger partial charge in [0.05, 0.1) is 18.7 Å². The van der Waals surface area contributed by atoms with Crippen LogP contribution in [0, 0.1) is 5.92 Å². The topological polar surface area (TPSA) is 59.6 Å². The van der Waals surface area contributed by atoms with Gasteiger partial charge in [-0.25, -0.2) is 0 Å². The number of rotatable bonds is 5. The number of methoxy groups -OCH3 is 1. The molecule has 0 spiro atoms. The normalized spacial score (nSPS) is 14.9. The van der Waals surface area contributed by atoms with E-state index in [1.54, 1.807) is 0 Å². The van der Waals surface area contributed by atoms with Crippen LogP contribution >= 0.6 is 0 Å². The Hall–Kier alpha value is -1.89. The first-order chi connectivity index (χ1) is 9.10. The summed E-state index contributed by atoms with van der Waals surface area (Å²) in [5.41, 5.74) is 0.177. The first-order valence-electron chi connectivity index (χ1n) is 5.74. The molecule has 1 heterocycles. The molecule has 0 radical (unpaired) electrons. The second-order valence-electron chi connectivity index (χ2n) is 4.09. The zero-order chi connectivity index (χ0) is 13.8. The van der Waals surface area contributed by atoms with Gasteiger partial charge in [-0.05, 0) is 12.1 Å². The van der Waals surface area contributed by atoms with Crippen molar-refractivity contribution in [2.24, 2.45) is 5.92 Å². The molecule has 1 aliphatic heterocycles. The number of benzene rings is 1. The molecule has 0 atom stereocenters. The van der Waals surface area contributed by atoms with Crippen molar-refractivity contribution in [1.29, 1.82) is 0 Å². The first kappa shape index (κ1) is 13.5. The largest absolute Gasteiger partial charge is 0.497 e. The van der Waals surface area contributed by atoms with Crippen molar-refractivity contribution in [3.8, 4) is 11.5 Å². The number of carbonyl (C=O) groups is 1. The van der Waals surface area contributed by atoms with Crippen LogP contribution in [0.4, 0.5) is 14.5 Å². The average Bonchev–Trinajstić information content (AvgIpc) is 2.28. The molecule has 0 bridgehead atoms. The van der Waals surface area contributed by atoms with Gasteiger partial charge in [0.2, 0.25) is 5.91 Å². The lowest BCUT2D eigenvalue weighted by molar-refractivity contribution is -0.121. The Bertz CT molecular complexity index is 464. The molecule has 5 nitrogen and oxygen atoms in total. The van der Waals surface area contributed by atoms with Gasteiger partial charge in [0.25, 0.3) is 0 Å². The number of halogens is 2. The average molecular weight is 272 g/mol. The molecule has 2 N–H and O–H groups in total. The van der Waals surface area contributed by atoms with Gasteiger partial charge in [0, 0.05) is 19.2 Å². The standard InChI is InChI=1S/C12H14F2N2O3/c1-18-8-2-3-10(19-12(13)14)9(4-8)16-11(17)7-5-15-6-7/h2-4,7,12,15H,5-6H2,1H3,(H,16,17). The van der Waals surface area contributed by atoms with Gasteiger partial charge in [0.15, 0.2) is 0 Å². The molecule has 0 aliphatic carbocycles. The minimum Gasteiger partial charge on any atom is -0.497 e. The number of alkyl halides is 2. The van der Waals surface area contributed by atoms with E-state index < -0.39 is 6.61 Å². The monoisotopic (exact) mass is 272 g/mol. The van der Waals surface area contributed by atoms with Crippen molar-refractivity contribution >= 4 is 11.6 Å². The minimum atomic E-state index is -2.95. The summed E-state index contributed by atoms with van der Waals surface area (Å²) in [6, 6.07) is 4.26. The highest BCUT2D eigenvalue weighted by molar-refractivity contribution is 5.95. The molecule has 0 aromatic heterocycles. The van der Waals surface area contributed by atoms with E-state index in [-0.39, 0.29) is 23.3 Å². The summed E-state index contributed by atoms with van der Waals surface area (Å²) in [6.45, 7) is -1.78. The quantitative estimate of drug-likeness (QED) is 0.852. The van der Waals surface area contributed by atoms with Crippen LogP contribution in [0.15, 0.2) is 18.2 Å². The molecule has 104 valence electrons. The molecule has 0 unspecified atom stereocenters. The van der Waals surface area contributed by atoms with Crippen LogP contribution in [0.25, 0.3) is 0 Å². The summed E-state index contributed by atoms with van der Waals surface area (Å²) >= 11 is 0. The Morgan fingerprint density at radius 3 is 2.74 bits per heavy atom. The molecule has 1 aromatic carbocycles. The second kappa shape index (κ2) is 5.83. The van der Waals surface area contributed by atoms with Crippen LogP contribution in [0.5, 0.6) is 11.5 Å². The molecule has 1 aliphatic rings. The highest BCUT2D eigenvalue weighted by Crippen LogP contribution is 2.30. The zero-order valence-corrected chi connectivity index (χ0v) is 10.3. The molecule has 7 heteroatoms. The number of hydrogen-bond acceptors (Lipinski definition) is 4. The highest BCUT2D eigenvalue weighted by atomic mass is 19.3. The SMILES string of the molecule is COc1ccc(OC(F)F)c(NC(=O)C2CNC2)c1. The Kier molecular flexibility index (Phi) is 4.16. The number of hydrogen-bond donors (Lipinski definition) is 2. The third-order valence-electron chi connectivity index (χ3n) is 2.81. The number of anilines is 1. The van der Waals surface area contributed by atoms with Crippen molar-refractivity contribution in [2.45, 2.75) is 6.61 Å². The van der Waals surface area contributed by atoms with Crippen LogP contribution in [0.2, 0.25) is 0 Å².